The number of hydrogen-bond acceptors (Lipinski definition) is 6. The van der Waals surface area contributed by atoms with Crippen LogP contribution < -0.4 is 4.74 Å². The predicted octanol–water partition coefficient (Wildman–Crippen LogP) is 5.69. The lowest BCUT2D eigenvalue weighted by Gasteiger charge is -2.41. The van der Waals surface area contributed by atoms with Gasteiger partial charge in [0.2, 0.25) is 0 Å². The van der Waals surface area contributed by atoms with Gasteiger partial charge >= 0.3 is 6.18 Å². The Balaban J connectivity index is 1.32. The fraction of sp³-hybridized carbons (Fsp3) is 0.552. The second-order valence-corrected chi connectivity index (χ2v) is 11.8. The van der Waals surface area contributed by atoms with Crippen molar-refractivity contribution in [2.45, 2.75) is 63.1 Å². The normalized spacial score (nSPS) is 23.5. The van der Waals surface area contributed by atoms with Gasteiger partial charge in [0.1, 0.15) is 12.4 Å². The van der Waals surface area contributed by atoms with Crippen molar-refractivity contribution < 1.29 is 32.5 Å². The quantitative estimate of drug-likeness (QED) is 0.314. The number of aromatic amines is 1. The second kappa shape index (κ2) is 11.3. The maximum Gasteiger partial charge on any atom is 0.433 e. The summed E-state index contributed by atoms with van der Waals surface area (Å²) in [6, 6.07) is 4.91. The lowest BCUT2D eigenvalue weighted by molar-refractivity contribution is -0.148. The lowest BCUT2D eigenvalue weighted by Crippen LogP contribution is -2.43. The standard InChI is InChI=1S/C29H34ClF3N4O4/c1-28(38)13-18(14-28)37-27(29(31,32)33)22(16-35-37)26-23(17-41-19-5-6-19)21(15-34-26)20-3-2-4-24(25(20)30)40-12-9-36-7-10-39-11-8-36/h2-4,15-16,18-19,34,38H,5-14,17H2,1H3/t18-,28-. The second-order valence-electron chi connectivity index (χ2n) is 11.4. The molecule has 41 heavy (non-hydrogen) atoms. The maximum absolute atomic E-state index is 14.5. The van der Waals surface area contributed by atoms with Gasteiger partial charge < -0.3 is 24.3 Å². The minimum Gasteiger partial charge on any atom is -0.491 e. The monoisotopic (exact) mass is 594 g/mol. The Hall–Kier alpha value is -2.57. The van der Waals surface area contributed by atoms with Gasteiger partial charge in [0.15, 0.2) is 5.69 Å². The summed E-state index contributed by atoms with van der Waals surface area (Å²) in [7, 11) is 0. The molecule has 6 rings (SSSR count). The van der Waals surface area contributed by atoms with Crippen LogP contribution in [0.2, 0.25) is 5.02 Å². The van der Waals surface area contributed by atoms with Gasteiger partial charge in [-0.05, 0) is 38.7 Å². The summed E-state index contributed by atoms with van der Waals surface area (Å²) in [5.74, 6) is 0.509. The molecule has 3 aliphatic rings. The van der Waals surface area contributed by atoms with E-state index in [0.29, 0.717) is 53.0 Å². The molecule has 8 nitrogen and oxygen atoms in total. The molecule has 0 atom stereocenters. The van der Waals surface area contributed by atoms with Gasteiger partial charge in [-0.25, -0.2) is 0 Å². The number of nitrogens with one attached hydrogen (secondary N) is 1. The van der Waals surface area contributed by atoms with Crippen LogP contribution in [0.1, 0.15) is 49.9 Å². The van der Waals surface area contributed by atoms with Gasteiger partial charge in [-0.15, -0.1) is 0 Å². The van der Waals surface area contributed by atoms with E-state index in [1.807, 2.05) is 12.1 Å². The Bertz CT molecular complexity index is 1370. The Kier molecular flexibility index (Phi) is 7.84. The maximum atomic E-state index is 14.5. The fourth-order valence-corrected chi connectivity index (χ4v) is 5.97. The summed E-state index contributed by atoms with van der Waals surface area (Å²) in [4.78, 5) is 5.34. The van der Waals surface area contributed by atoms with E-state index in [0.717, 1.165) is 37.2 Å². The largest absolute Gasteiger partial charge is 0.491 e. The molecule has 0 bridgehead atoms. The average molecular weight is 595 g/mol. The lowest BCUT2D eigenvalue weighted by atomic mass is 9.77. The van der Waals surface area contributed by atoms with Crippen molar-refractivity contribution in [3.63, 3.8) is 0 Å². The van der Waals surface area contributed by atoms with Crippen LogP contribution >= 0.6 is 11.6 Å². The van der Waals surface area contributed by atoms with Crippen molar-refractivity contribution in [1.29, 1.82) is 0 Å². The molecule has 12 heteroatoms. The highest BCUT2D eigenvalue weighted by Gasteiger charge is 2.46. The Morgan fingerprint density at radius 1 is 1.17 bits per heavy atom. The third kappa shape index (κ3) is 6.15. The number of morpholine rings is 1. The number of aliphatic hydroxyl groups is 1. The van der Waals surface area contributed by atoms with Crippen LogP contribution in [0.3, 0.4) is 0 Å². The van der Waals surface area contributed by atoms with Gasteiger partial charge in [-0.2, -0.15) is 18.3 Å². The van der Waals surface area contributed by atoms with Crippen LogP contribution in [-0.2, 0) is 22.3 Å². The van der Waals surface area contributed by atoms with E-state index in [1.54, 1.807) is 19.2 Å². The smallest absolute Gasteiger partial charge is 0.433 e. The number of H-pyrrole nitrogens is 1. The highest BCUT2D eigenvalue weighted by molar-refractivity contribution is 6.34. The molecule has 1 aromatic carbocycles. The molecule has 1 saturated heterocycles. The van der Waals surface area contributed by atoms with Gasteiger partial charge in [0.25, 0.3) is 0 Å². The van der Waals surface area contributed by atoms with Crippen molar-refractivity contribution in [3.05, 3.63) is 46.9 Å². The minimum absolute atomic E-state index is 0.0567. The summed E-state index contributed by atoms with van der Waals surface area (Å²) in [6.45, 7) is 6.03. The van der Waals surface area contributed by atoms with Gasteiger partial charge in [-0.1, -0.05) is 23.7 Å². The highest BCUT2D eigenvalue weighted by atomic mass is 35.5. The molecule has 2 N–H and O–H groups in total. The van der Waals surface area contributed by atoms with E-state index in [9.17, 15) is 18.3 Å². The van der Waals surface area contributed by atoms with Gasteiger partial charge in [-0.3, -0.25) is 9.58 Å². The summed E-state index contributed by atoms with van der Waals surface area (Å²) in [5.41, 5.74) is 0.272. The number of rotatable bonds is 10. The van der Waals surface area contributed by atoms with Crippen molar-refractivity contribution in [1.82, 2.24) is 19.7 Å². The molecule has 222 valence electrons. The van der Waals surface area contributed by atoms with Crippen molar-refractivity contribution >= 4 is 11.6 Å². The third-order valence-electron chi connectivity index (χ3n) is 8.03. The van der Waals surface area contributed by atoms with Crippen LogP contribution in [-0.4, -0.2) is 75.9 Å². The van der Waals surface area contributed by atoms with Gasteiger partial charge in [0, 0.05) is 48.1 Å². The molecule has 3 heterocycles. The summed E-state index contributed by atoms with van der Waals surface area (Å²) < 4.78 is 61.9. The molecule has 3 aromatic rings. The molecule has 0 amide bonds. The number of aromatic nitrogens is 3. The number of hydrogen-bond donors (Lipinski definition) is 2. The molecule has 2 saturated carbocycles. The van der Waals surface area contributed by atoms with Gasteiger partial charge in [0.05, 0.1) is 54.5 Å². The molecule has 2 aliphatic carbocycles. The average Bonchev–Trinajstić information content (AvgIpc) is 3.48. The van der Waals surface area contributed by atoms with Crippen molar-refractivity contribution in [2.24, 2.45) is 0 Å². The third-order valence-corrected chi connectivity index (χ3v) is 8.42. The molecule has 0 radical (unpaired) electrons. The Morgan fingerprint density at radius 2 is 1.93 bits per heavy atom. The molecule has 1 aliphatic heterocycles. The van der Waals surface area contributed by atoms with Crippen LogP contribution in [0.4, 0.5) is 13.2 Å². The number of halogens is 4. The highest BCUT2D eigenvalue weighted by Crippen LogP contribution is 2.48. The van der Waals surface area contributed by atoms with Crippen molar-refractivity contribution in [2.75, 3.05) is 39.5 Å². The van der Waals surface area contributed by atoms with E-state index in [1.165, 1.54) is 6.20 Å². The number of alkyl halides is 3. The van der Waals surface area contributed by atoms with E-state index < -0.39 is 23.5 Å². The Labute approximate surface area is 241 Å². The summed E-state index contributed by atoms with van der Waals surface area (Å²) in [6.07, 6.45) is 0.629. The summed E-state index contributed by atoms with van der Waals surface area (Å²) >= 11 is 6.84. The molecule has 0 unspecified atom stereocenters. The summed E-state index contributed by atoms with van der Waals surface area (Å²) in [5, 5.41) is 14.7. The first kappa shape index (κ1) is 28.5. The zero-order chi connectivity index (χ0) is 28.8. The van der Waals surface area contributed by atoms with E-state index in [2.05, 4.69) is 15.0 Å². The SMILES string of the molecule is C[C@]1(O)C[C@H](n2ncc(-c3[nH]cc(-c4cccc(OCCN5CCOCC5)c4Cl)c3COC3CC3)c2C(F)(F)F)C1. The molecule has 3 fully saturated rings. The van der Waals surface area contributed by atoms with E-state index in [4.69, 9.17) is 25.8 Å². The van der Waals surface area contributed by atoms with Crippen LogP contribution in [0, 0.1) is 0 Å². The predicted molar refractivity (Wildman–Crippen MR) is 147 cm³/mol. The fourth-order valence-electron chi connectivity index (χ4n) is 5.69. The molecule has 0 spiro atoms. The first-order valence-corrected chi connectivity index (χ1v) is 14.4. The first-order chi connectivity index (χ1) is 19.6. The molecular weight excluding hydrogens is 561 g/mol. The number of nitrogens with zero attached hydrogens (tertiary/aromatic N) is 3. The van der Waals surface area contributed by atoms with Crippen LogP contribution in [0.25, 0.3) is 22.4 Å². The molecular formula is C29H34ClF3N4O4. The zero-order valence-corrected chi connectivity index (χ0v) is 23.6. The van der Waals surface area contributed by atoms with Crippen LogP contribution in [0.5, 0.6) is 5.75 Å². The minimum atomic E-state index is -4.65. The number of benzene rings is 1. The number of ether oxygens (including phenoxy) is 3. The Morgan fingerprint density at radius 3 is 2.61 bits per heavy atom. The van der Waals surface area contributed by atoms with E-state index in [-0.39, 0.29) is 31.1 Å². The molecule has 2 aromatic heterocycles. The van der Waals surface area contributed by atoms with E-state index >= 15 is 0 Å². The zero-order valence-electron chi connectivity index (χ0n) is 22.8. The first-order valence-electron chi connectivity index (χ1n) is 14.0. The topological polar surface area (TPSA) is 84.8 Å². The van der Waals surface area contributed by atoms with Crippen LogP contribution in [0.15, 0.2) is 30.6 Å². The van der Waals surface area contributed by atoms with Crippen molar-refractivity contribution in [3.8, 4) is 28.1 Å².